The van der Waals surface area contributed by atoms with Gasteiger partial charge in [0.25, 0.3) is 0 Å². The number of aliphatic hydroxyl groups is 1. The van der Waals surface area contributed by atoms with E-state index in [-0.39, 0.29) is 39.8 Å². The highest BCUT2D eigenvalue weighted by Crippen LogP contribution is 2.39. The molecule has 2 heterocycles. The zero-order chi connectivity index (χ0) is 21.0. The molecular weight excluding hydrogens is 377 g/mol. The minimum atomic E-state index is -4.58. The maximum atomic E-state index is 13.0. The highest BCUT2D eigenvalue weighted by molar-refractivity contribution is 5.78. The summed E-state index contributed by atoms with van der Waals surface area (Å²) in [6, 6.07) is 1.60. The van der Waals surface area contributed by atoms with Gasteiger partial charge in [-0.3, -0.25) is 0 Å². The Morgan fingerprint density at radius 3 is 2.25 bits per heavy atom. The van der Waals surface area contributed by atoms with E-state index in [1.807, 2.05) is 0 Å². The first-order valence-corrected chi connectivity index (χ1v) is 8.27. The zero-order valence-electron chi connectivity index (χ0n) is 15.9. The van der Waals surface area contributed by atoms with Gasteiger partial charge in [0.15, 0.2) is 5.65 Å². The molecule has 0 spiro atoms. The molecule has 0 atom stereocenters. The summed E-state index contributed by atoms with van der Waals surface area (Å²) in [4.78, 5) is 12.9. The Hall–Kier alpha value is -2.88. The summed E-state index contributed by atoms with van der Waals surface area (Å²) in [5.41, 5.74) is -1.33. The molecule has 0 aliphatic heterocycles. The molecule has 150 valence electrons. The molecule has 0 aliphatic carbocycles. The predicted octanol–water partition coefficient (Wildman–Crippen LogP) is 3.30. The molecule has 2 N–H and O–H groups in total. The van der Waals surface area contributed by atoms with Gasteiger partial charge in [-0.2, -0.15) is 18.2 Å². The van der Waals surface area contributed by atoms with E-state index in [4.69, 9.17) is 4.74 Å². The molecular formula is C18H19F3N4O3. The number of nitrogens with zero attached hydrogens (tertiary/aromatic N) is 4. The largest absolute Gasteiger partial charge is 0.507 e. The van der Waals surface area contributed by atoms with Crippen molar-refractivity contribution < 1.29 is 28.1 Å². The maximum absolute atomic E-state index is 13.0. The standard InChI is InChI=1S/C18H19F3N4O3/c1-8-6-9(18(19,20)21)7-10(26)11(8)14-23-13-15(25(14)4)22-12(17(2,3)27)16(24-13)28-5/h6-7,26-27H,1-5H3. The van der Waals surface area contributed by atoms with Gasteiger partial charge in [0.2, 0.25) is 11.5 Å². The number of benzene rings is 1. The Labute approximate surface area is 158 Å². The highest BCUT2D eigenvalue weighted by Gasteiger charge is 2.33. The molecule has 2 aromatic heterocycles. The number of halogens is 3. The van der Waals surface area contributed by atoms with Crippen molar-refractivity contribution in [3.63, 3.8) is 0 Å². The minimum absolute atomic E-state index is 0.0815. The number of imidazole rings is 1. The van der Waals surface area contributed by atoms with E-state index in [1.165, 1.54) is 32.4 Å². The van der Waals surface area contributed by atoms with Crippen molar-refractivity contribution in [2.75, 3.05) is 7.11 Å². The first-order chi connectivity index (χ1) is 12.8. The Morgan fingerprint density at radius 2 is 1.75 bits per heavy atom. The monoisotopic (exact) mass is 396 g/mol. The van der Waals surface area contributed by atoms with E-state index in [0.717, 1.165) is 6.07 Å². The maximum Gasteiger partial charge on any atom is 0.416 e. The number of ether oxygens (including phenoxy) is 1. The third-order valence-corrected chi connectivity index (χ3v) is 4.31. The summed E-state index contributed by atoms with van der Waals surface area (Å²) in [5, 5.41) is 20.6. The summed E-state index contributed by atoms with van der Waals surface area (Å²) in [6.45, 7) is 4.50. The number of hydrogen-bond donors (Lipinski definition) is 2. The SMILES string of the molecule is COc1nc2nc(-c3c(C)cc(C(F)(F)F)cc3O)n(C)c2nc1C(C)(C)O. The van der Waals surface area contributed by atoms with Crippen molar-refractivity contribution in [3.05, 3.63) is 29.0 Å². The molecule has 0 fully saturated rings. The molecule has 0 saturated heterocycles. The fraction of sp³-hybridized carbons (Fsp3) is 0.389. The van der Waals surface area contributed by atoms with Crippen molar-refractivity contribution in [3.8, 4) is 23.0 Å². The Balaban J connectivity index is 2.27. The van der Waals surface area contributed by atoms with Crippen LogP contribution in [0.15, 0.2) is 12.1 Å². The molecule has 1 aromatic carbocycles. The average molecular weight is 396 g/mol. The van der Waals surface area contributed by atoms with Gasteiger partial charge in [-0.1, -0.05) is 0 Å². The number of hydrogen-bond acceptors (Lipinski definition) is 6. The van der Waals surface area contributed by atoms with E-state index in [0.29, 0.717) is 6.07 Å². The molecule has 3 aromatic rings. The number of aromatic hydroxyl groups is 1. The van der Waals surface area contributed by atoms with E-state index < -0.39 is 23.1 Å². The summed E-state index contributed by atoms with van der Waals surface area (Å²) in [5.74, 6) is -0.285. The number of fused-ring (bicyclic) bond motifs is 1. The van der Waals surface area contributed by atoms with Gasteiger partial charge in [0.1, 0.15) is 22.9 Å². The Bertz CT molecular complexity index is 1050. The van der Waals surface area contributed by atoms with Crippen molar-refractivity contribution >= 4 is 11.3 Å². The van der Waals surface area contributed by atoms with E-state index in [2.05, 4.69) is 15.0 Å². The number of rotatable bonds is 3. The molecule has 0 amide bonds. The van der Waals surface area contributed by atoms with E-state index in [9.17, 15) is 23.4 Å². The summed E-state index contributed by atoms with van der Waals surface area (Å²) >= 11 is 0. The average Bonchev–Trinajstić information content (AvgIpc) is 2.87. The van der Waals surface area contributed by atoms with Gasteiger partial charge in [0.05, 0.1) is 18.2 Å². The van der Waals surface area contributed by atoms with E-state index >= 15 is 0 Å². The smallest absolute Gasteiger partial charge is 0.416 e. The van der Waals surface area contributed by atoms with Gasteiger partial charge in [0, 0.05) is 7.05 Å². The summed E-state index contributed by atoms with van der Waals surface area (Å²) < 4.78 is 45.6. The van der Waals surface area contributed by atoms with Crippen LogP contribution in [0.5, 0.6) is 11.6 Å². The van der Waals surface area contributed by atoms with Crippen LogP contribution in [-0.2, 0) is 18.8 Å². The fourth-order valence-electron chi connectivity index (χ4n) is 2.97. The van der Waals surface area contributed by atoms with Crippen LogP contribution in [0, 0.1) is 6.92 Å². The lowest BCUT2D eigenvalue weighted by Crippen LogP contribution is -2.20. The molecule has 28 heavy (non-hydrogen) atoms. The Kier molecular flexibility index (Phi) is 4.49. The molecule has 3 rings (SSSR count). The lowest BCUT2D eigenvalue weighted by molar-refractivity contribution is -0.137. The molecule has 0 aliphatic rings. The third-order valence-electron chi connectivity index (χ3n) is 4.31. The molecule has 0 unspecified atom stereocenters. The zero-order valence-corrected chi connectivity index (χ0v) is 15.9. The first-order valence-electron chi connectivity index (χ1n) is 8.27. The number of aryl methyl sites for hydroxylation is 2. The van der Waals surface area contributed by atoms with Gasteiger partial charge in [-0.05, 0) is 38.5 Å². The lowest BCUT2D eigenvalue weighted by Gasteiger charge is -2.18. The fourth-order valence-corrected chi connectivity index (χ4v) is 2.97. The van der Waals surface area contributed by atoms with Crippen LogP contribution < -0.4 is 4.74 Å². The van der Waals surface area contributed by atoms with Gasteiger partial charge >= 0.3 is 6.18 Å². The second kappa shape index (κ2) is 6.33. The molecule has 7 nitrogen and oxygen atoms in total. The van der Waals surface area contributed by atoms with Gasteiger partial charge in [-0.15, -0.1) is 0 Å². The number of aromatic nitrogens is 4. The van der Waals surface area contributed by atoms with Gasteiger partial charge < -0.3 is 19.5 Å². The molecule has 0 bridgehead atoms. The van der Waals surface area contributed by atoms with Crippen LogP contribution in [0.3, 0.4) is 0 Å². The highest BCUT2D eigenvalue weighted by atomic mass is 19.4. The predicted molar refractivity (Wildman–Crippen MR) is 94.9 cm³/mol. The summed E-state index contributed by atoms with van der Waals surface area (Å²) in [6.07, 6.45) is -4.58. The minimum Gasteiger partial charge on any atom is -0.507 e. The number of phenolic OH excluding ortho intramolecular Hbond substituents is 1. The third kappa shape index (κ3) is 3.24. The van der Waals surface area contributed by atoms with Crippen molar-refractivity contribution in [2.45, 2.75) is 32.5 Å². The second-order valence-corrected chi connectivity index (χ2v) is 6.97. The van der Waals surface area contributed by atoms with E-state index in [1.54, 1.807) is 7.05 Å². The lowest BCUT2D eigenvalue weighted by atomic mass is 10.0. The van der Waals surface area contributed by atoms with Crippen LogP contribution in [0.4, 0.5) is 13.2 Å². The number of alkyl halides is 3. The second-order valence-electron chi connectivity index (χ2n) is 6.97. The molecule has 10 heteroatoms. The quantitative estimate of drug-likeness (QED) is 0.706. The van der Waals surface area contributed by atoms with Crippen LogP contribution in [-0.4, -0.2) is 36.8 Å². The first kappa shape index (κ1) is 19.9. The van der Waals surface area contributed by atoms with Gasteiger partial charge in [-0.25, -0.2) is 9.97 Å². The molecule has 0 saturated carbocycles. The van der Waals surface area contributed by atoms with Crippen LogP contribution >= 0.6 is 0 Å². The normalized spacial score (nSPS) is 12.6. The van der Waals surface area contributed by atoms with Crippen LogP contribution in [0.25, 0.3) is 22.7 Å². The van der Waals surface area contributed by atoms with Crippen molar-refractivity contribution in [1.82, 2.24) is 19.5 Å². The number of methoxy groups -OCH3 is 1. The summed E-state index contributed by atoms with van der Waals surface area (Å²) in [7, 11) is 2.97. The topological polar surface area (TPSA) is 93.3 Å². The van der Waals surface area contributed by atoms with Crippen LogP contribution in [0.1, 0.15) is 30.7 Å². The Morgan fingerprint density at radius 1 is 1.11 bits per heavy atom. The van der Waals surface area contributed by atoms with Crippen molar-refractivity contribution in [2.24, 2.45) is 7.05 Å². The van der Waals surface area contributed by atoms with Crippen molar-refractivity contribution in [1.29, 1.82) is 0 Å². The van der Waals surface area contributed by atoms with Crippen LogP contribution in [0.2, 0.25) is 0 Å². The molecule has 0 radical (unpaired) electrons. The number of phenols is 1.